The van der Waals surface area contributed by atoms with Crippen LogP contribution in [0.3, 0.4) is 0 Å². The number of hydrogen-bond acceptors (Lipinski definition) is 3. The average Bonchev–Trinajstić information content (AvgIpc) is 2.89. The van der Waals surface area contributed by atoms with Gasteiger partial charge in [0.05, 0.1) is 11.7 Å². The van der Waals surface area contributed by atoms with Gasteiger partial charge in [-0.05, 0) is 50.1 Å². The largest absolute Gasteiger partial charge is 0.305 e. The van der Waals surface area contributed by atoms with Crippen molar-refractivity contribution in [2.75, 3.05) is 6.54 Å². The van der Waals surface area contributed by atoms with Crippen LogP contribution in [0.1, 0.15) is 43.1 Å². The monoisotopic (exact) mass is 258 g/mol. The van der Waals surface area contributed by atoms with E-state index >= 15 is 0 Å². The molecule has 0 spiro atoms. The molecule has 19 heavy (non-hydrogen) atoms. The zero-order chi connectivity index (χ0) is 13.7. The lowest BCUT2D eigenvalue weighted by molar-refractivity contribution is 0.528. The Morgan fingerprint density at radius 2 is 2.11 bits per heavy atom. The Balaban J connectivity index is 2.39. The molecule has 0 aliphatic heterocycles. The van der Waals surface area contributed by atoms with Crippen LogP contribution in [0.4, 0.5) is 0 Å². The number of pyridine rings is 1. The molecule has 4 heteroatoms. The summed E-state index contributed by atoms with van der Waals surface area (Å²) in [6.07, 6.45) is 6.76. The molecular weight excluding hydrogens is 236 g/mol. The fourth-order valence-electron chi connectivity index (χ4n) is 2.32. The van der Waals surface area contributed by atoms with Gasteiger partial charge >= 0.3 is 0 Å². The molecule has 0 fully saturated rings. The highest BCUT2D eigenvalue weighted by atomic mass is 15.3. The van der Waals surface area contributed by atoms with Gasteiger partial charge in [0.2, 0.25) is 0 Å². The van der Waals surface area contributed by atoms with E-state index < -0.39 is 0 Å². The number of nitrogens with zero attached hydrogens (tertiary/aromatic N) is 3. The van der Waals surface area contributed by atoms with Crippen molar-refractivity contribution in [3.05, 3.63) is 47.5 Å². The van der Waals surface area contributed by atoms with Crippen LogP contribution in [-0.2, 0) is 6.54 Å². The molecule has 2 aromatic rings. The number of rotatable bonds is 6. The second kappa shape index (κ2) is 6.48. The van der Waals surface area contributed by atoms with Crippen molar-refractivity contribution in [3.8, 4) is 0 Å². The van der Waals surface area contributed by atoms with Crippen LogP contribution in [-0.4, -0.2) is 21.3 Å². The Morgan fingerprint density at radius 1 is 1.26 bits per heavy atom. The first kappa shape index (κ1) is 13.7. The zero-order valence-corrected chi connectivity index (χ0v) is 11.9. The average molecular weight is 258 g/mol. The predicted molar refractivity (Wildman–Crippen MR) is 77.0 cm³/mol. The van der Waals surface area contributed by atoms with Gasteiger partial charge in [0, 0.05) is 25.1 Å². The van der Waals surface area contributed by atoms with E-state index in [-0.39, 0.29) is 6.04 Å². The normalized spacial score (nSPS) is 12.6. The minimum Gasteiger partial charge on any atom is -0.305 e. The van der Waals surface area contributed by atoms with Crippen molar-refractivity contribution in [2.45, 2.75) is 39.8 Å². The fraction of sp³-hybridized carbons (Fsp3) is 0.467. The lowest BCUT2D eigenvalue weighted by atomic mass is 10.0. The zero-order valence-electron chi connectivity index (χ0n) is 11.9. The number of nitrogens with one attached hydrogen (secondary N) is 1. The minimum atomic E-state index is 0.186. The summed E-state index contributed by atoms with van der Waals surface area (Å²) < 4.78 is 2.05. The maximum atomic E-state index is 4.38. The molecule has 0 radical (unpaired) electrons. The lowest BCUT2D eigenvalue weighted by Crippen LogP contribution is -2.26. The molecule has 1 atom stereocenters. The molecule has 2 aromatic heterocycles. The van der Waals surface area contributed by atoms with Gasteiger partial charge in [0.1, 0.15) is 0 Å². The second-order valence-electron chi connectivity index (χ2n) is 4.69. The van der Waals surface area contributed by atoms with E-state index in [0.717, 1.165) is 19.5 Å². The summed E-state index contributed by atoms with van der Waals surface area (Å²) >= 11 is 0. The predicted octanol–water partition coefficient (Wildman–Crippen LogP) is 2.70. The van der Waals surface area contributed by atoms with E-state index in [2.05, 4.69) is 48.3 Å². The van der Waals surface area contributed by atoms with Crippen molar-refractivity contribution < 1.29 is 0 Å². The van der Waals surface area contributed by atoms with Crippen molar-refractivity contribution in [2.24, 2.45) is 0 Å². The Bertz CT molecular complexity index is 518. The third kappa shape index (κ3) is 3.01. The van der Waals surface area contributed by atoms with Crippen molar-refractivity contribution >= 4 is 0 Å². The summed E-state index contributed by atoms with van der Waals surface area (Å²) in [6, 6.07) is 4.37. The van der Waals surface area contributed by atoms with Gasteiger partial charge in [-0.3, -0.25) is 9.67 Å². The van der Waals surface area contributed by atoms with Gasteiger partial charge in [-0.2, -0.15) is 5.10 Å². The summed E-state index contributed by atoms with van der Waals surface area (Å²) in [7, 11) is 0. The van der Waals surface area contributed by atoms with Gasteiger partial charge in [-0.25, -0.2) is 0 Å². The highest BCUT2D eigenvalue weighted by Gasteiger charge is 2.18. The summed E-state index contributed by atoms with van der Waals surface area (Å²) in [5, 5.41) is 7.99. The van der Waals surface area contributed by atoms with Crippen LogP contribution in [0.2, 0.25) is 0 Å². The molecule has 4 nitrogen and oxygen atoms in total. The lowest BCUT2D eigenvalue weighted by Gasteiger charge is -2.21. The first-order chi connectivity index (χ1) is 9.27. The fourth-order valence-corrected chi connectivity index (χ4v) is 2.32. The van der Waals surface area contributed by atoms with Crippen LogP contribution in [0.5, 0.6) is 0 Å². The molecular formula is C15H22N4. The smallest absolute Gasteiger partial charge is 0.0751 e. The molecule has 0 aliphatic rings. The number of hydrogen-bond donors (Lipinski definition) is 1. The first-order valence-electron chi connectivity index (χ1n) is 6.93. The highest BCUT2D eigenvalue weighted by Crippen LogP contribution is 2.24. The van der Waals surface area contributed by atoms with Crippen molar-refractivity contribution in [3.63, 3.8) is 0 Å². The van der Waals surface area contributed by atoms with Crippen LogP contribution < -0.4 is 5.32 Å². The molecule has 0 saturated carbocycles. The van der Waals surface area contributed by atoms with E-state index in [0.29, 0.717) is 0 Å². The number of aromatic nitrogens is 3. The highest BCUT2D eigenvalue weighted by molar-refractivity contribution is 5.32. The topological polar surface area (TPSA) is 42.7 Å². The maximum absolute atomic E-state index is 4.38. The summed E-state index contributed by atoms with van der Waals surface area (Å²) in [5.74, 6) is 0. The first-order valence-corrected chi connectivity index (χ1v) is 6.93. The summed E-state index contributed by atoms with van der Waals surface area (Å²) in [4.78, 5) is 4.18. The van der Waals surface area contributed by atoms with Gasteiger partial charge in [-0.15, -0.1) is 0 Å². The van der Waals surface area contributed by atoms with Crippen LogP contribution in [0, 0.1) is 6.92 Å². The van der Waals surface area contributed by atoms with Crippen molar-refractivity contribution in [1.82, 2.24) is 20.1 Å². The van der Waals surface area contributed by atoms with Crippen LogP contribution in [0.25, 0.3) is 0 Å². The molecule has 0 bridgehead atoms. The molecule has 0 aliphatic carbocycles. The maximum Gasteiger partial charge on any atom is 0.0751 e. The molecule has 1 unspecified atom stereocenters. The summed E-state index contributed by atoms with van der Waals surface area (Å²) in [6.45, 7) is 8.28. The number of aryl methyl sites for hydroxylation is 2. The molecule has 102 valence electrons. The Hall–Kier alpha value is -1.68. The Morgan fingerprint density at radius 3 is 2.79 bits per heavy atom. The van der Waals surface area contributed by atoms with Crippen LogP contribution in [0.15, 0.2) is 30.7 Å². The Labute approximate surface area is 114 Å². The van der Waals surface area contributed by atoms with Gasteiger partial charge in [-0.1, -0.05) is 6.92 Å². The Kier molecular flexibility index (Phi) is 4.68. The standard InChI is InChI=1S/C15H22N4/c1-4-8-17-15(13-6-9-16-11-12(13)3)14-7-10-18-19(14)5-2/h6-7,9-11,15,17H,4-5,8H2,1-3H3. The molecule has 2 heterocycles. The molecule has 0 amide bonds. The van der Waals surface area contributed by atoms with Gasteiger partial charge < -0.3 is 5.32 Å². The van der Waals surface area contributed by atoms with Gasteiger partial charge in [0.25, 0.3) is 0 Å². The van der Waals surface area contributed by atoms with E-state index in [4.69, 9.17) is 0 Å². The van der Waals surface area contributed by atoms with Crippen LogP contribution >= 0.6 is 0 Å². The molecule has 0 aromatic carbocycles. The summed E-state index contributed by atoms with van der Waals surface area (Å²) in [5.41, 5.74) is 3.70. The van der Waals surface area contributed by atoms with E-state index in [1.807, 2.05) is 23.3 Å². The third-order valence-corrected chi connectivity index (χ3v) is 3.32. The quantitative estimate of drug-likeness (QED) is 0.866. The van der Waals surface area contributed by atoms with Crippen molar-refractivity contribution in [1.29, 1.82) is 0 Å². The minimum absolute atomic E-state index is 0.186. The van der Waals surface area contributed by atoms with E-state index in [1.165, 1.54) is 16.8 Å². The second-order valence-corrected chi connectivity index (χ2v) is 4.69. The van der Waals surface area contributed by atoms with Gasteiger partial charge in [0.15, 0.2) is 0 Å². The molecule has 0 saturated heterocycles. The van der Waals surface area contributed by atoms with E-state index in [1.54, 1.807) is 0 Å². The SMILES string of the molecule is CCCNC(c1ccncc1C)c1ccnn1CC. The molecule has 2 rings (SSSR count). The van der Waals surface area contributed by atoms with E-state index in [9.17, 15) is 0 Å². The molecule has 1 N–H and O–H groups in total. The third-order valence-electron chi connectivity index (χ3n) is 3.32.